The molecule has 0 aromatic heterocycles. The predicted molar refractivity (Wildman–Crippen MR) is 115 cm³/mol. The van der Waals surface area contributed by atoms with Crippen LogP contribution in [0.4, 0.5) is 5.69 Å². The molecule has 1 saturated carbocycles. The molecule has 3 rings (SSSR count). The maximum absolute atomic E-state index is 12.7. The Labute approximate surface area is 176 Å². The van der Waals surface area contributed by atoms with E-state index in [9.17, 15) is 14.4 Å². The van der Waals surface area contributed by atoms with Crippen LogP contribution in [0.1, 0.15) is 58.9 Å². The van der Waals surface area contributed by atoms with Gasteiger partial charge in [-0.05, 0) is 68.5 Å². The second kappa shape index (κ2) is 9.54. The fourth-order valence-corrected chi connectivity index (χ4v) is 3.57. The zero-order chi connectivity index (χ0) is 21.7. The molecule has 0 heterocycles. The lowest BCUT2D eigenvalue weighted by Gasteiger charge is -2.26. The van der Waals surface area contributed by atoms with Crippen molar-refractivity contribution in [3.63, 3.8) is 0 Å². The molecule has 0 bridgehead atoms. The van der Waals surface area contributed by atoms with Crippen LogP contribution >= 0.6 is 0 Å². The van der Waals surface area contributed by atoms with Crippen LogP contribution in [0.5, 0.6) is 5.75 Å². The van der Waals surface area contributed by atoms with Gasteiger partial charge in [0, 0.05) is 30.3 Å². The van der Waals surface area contributed by atoms with Crippen LogP contribution in [0.15, 0.2) is 42.5 Å². The Morgan fingerprint density at radius 3 is 2.37 bits per heavy atom. The van der Waals surface area contributed by atoms with Crippen LogP contribution in [-0.4, -0.2) is 29.9 Å². The van der Waals surface area contributed by atoms with Gasteiger partial charge in [-0.3, -0.25) is 14.4 Å². The maximum Gasteiger partial charge on any atom is 0.308 e. The minimum absolute atomic E-state index is 0.128. The molecule has 1 aliphatic rings. The number of hydrogen-bond donors (Lipinski definition) is 3. The summed E-state index contributed by atoms with van der Waals surface area (Å²) in [6, 6.07) is 12.0. The Hall–Kier alpha value is -3.19. The first-order valence-corrected chi connectivity index (χ1v) is 10.1. The summed E-state index contributed by atoms with van der Waals surface area (Å²) in [6.07, 6.45) is 3.62. The van der Waals surface area contributed by atoms with E-state index in [1.165, 1.54) is 6.92 Å². The summed E-state index contributed by atoms with van der Waals surface area (Å²) in [5.74, 6) is -0.826. The molecule has 4 N–H and O–H groups in total. The molecule has 7 heteroatoms. The molecule has 2 aromatic carbocycles. The molecule has 0 atom stereocenters. The van der Waals surface area contributed by atoms with Crippen molar-refractivity contribution in [3.05, 3.63) is 59.2 Å². The van der Waals surface area contributed by atoms with Crippen LogP contribution < -0.4 is 21.1 Å². The fourth-order valence-electron chi connectivity index (χ4n) is 3.57. The van der Waals surface area contributed by atoms with Crippen molar-refractivity contribution in [1.29, 1.82) is 0 Å². The van der Waals surface area contributed by atoms with E-state index in [1.54, 1.807) is 42.5 Å². The number of para-hydroxylation sites is 1. The Balaban J connectivity index is 1.68. The highest BCUT2D eigenvalue weighted by Crippen LogP contribution is 2.23. The monoisotopic (exact) mass is 409 g/mol. The molecule has 0 spiro atoms. The molecule has 2 aromatic rings. The summed E-state index contributed by atoms with van der Waals surface area (Å²) >= 11 is 0. The zero-order valence-corrected chi connectivity index (χ0v) is 17.2. The predicted octanol–water partition coefficient (Wildman–Crippen LogP) is 3.17. The normalized spacial score (nSPS) is 18.4. The Morgan fingerprint density at radius 2 is 1.70 bits per heavy atom. The number of carbonyl (C=O) groups excluding carboxylic acids is 3. The number of hydrogen-bond acceptors (Lipinski definition) is 5. The van der Waals surface area contributed by atoms with Crippen molar-refractivity contribution in [2.45, 2.75) is 51.6 Å². The van der Waals surface area contributed by atoms with E-state index < -0.39 is 11.9 Å². The minimum atomic E-state index is -0.498. The van der Waals surface area contributed by atoms with Crippen molar-refractivity contribution in [1.82, 2.24) is 5.32 Å². The third kappa shape index (κ3) is 5.45. The Morgan fingerprint density at radius 1 is 1.00 bits per heavy atom. The quantitative estimate of drug-likeness (QED) is 0.519. The van der Waals surface area contributed by atoms with Crippen molar-refractivity contribution in [2.75, 3.05) is 5.32 Å². The second-order valence-corrected chi connectivity index (χ2v) is 7.66. The summed E-state index contributed by atoms with van der Waals surface area (Å²) < 4.78 is 5.10. The number of benzene rings is 2. The van der Waals surface area contributed by atoms with Crippen LogP contribution in [0.3, 0.4) is 0 Å². The first-order chi connectivity index (χ1) is 14.3. The van der Waals surface area contributed by atoms with Crippen LogP contribution in [0.2, 0.25) is 0 Å². The topological polar surface area (TPSA) is 111 Å². The second-order valence-electron chi connectivity index (χ2n) is 7.66. The number of nitrogens with one attached hydrogen (secondary N) is 2. The molecule has 1 aliphatic carbocycles. The van der Waals surface area contributed by atoms with E-state index in [0.29, 0.717) is 11.3 Å². The molecule has 0 saturated heterocycles. The van der Waals surface area contributed by atoms with Gasteiger partial charge in [-0.1, -0.05) is 12.1 Å². The molecule has 0 aliphatic heterocycles. The zero-order valence-electron chi connectivity index (χ0n) is 17.2. The standard InChI is InChI=1S/C23H27N3O4/c1-14-13-16(22(28)25-18-10-8-17(24)9-11-18)7-12-20(14)26-23(29)19-5-3-4-6-21(19)30-15(2)27/h3-7,12-13,17-18H,8-11,24H2,1-2H3,(H,25,28)(H,26,29). The molecular weight excluding hydrogens is 382 g/mol. The number of carbonyl (C=O) groups is 3. The van der Waals surface area contributed by atoms with Gasteiger partial charge >= 0.3 is 5.97 Å². The van der Waals surface area contributed by atoms with Crippen molar-refractivity contribution in [2.24, 2.45) is 5.73 Å². The van der Waals surface area contributed by atoms with Gasteiger partial charge in [0.15, 0.2) is 0 Å². The van der Waals surface area contributed by atoms with E-state index in [4.69, 9.17) is 10.5 Å². The maximum atomic E-state index is 12.7. The van der Waals surface area contributed by atoms with Gasteiger partial charge in [0.25, 0.3) is 11.8 Å². The van der Waals surface area contributed by atoms with Crippen molar-refractivity contribution in [3.8, 4) is 5.75 Å². The number of nitrogens with two attached hydrogens (primary N) is 1. The highest BCUT2D eigenvalue weighted by Gasteiger charge is 2.21. The van der Waals surface area contributed by atoms with Gasteiger partial charge in [0.2, 0.25) is 0 Å². The summed E-state index contributed by atoms with van der Waals surface area (Å²) in [7, 11) is 0. The van der Waals surface area contributed by atoms with E-state index in [0.717, 1.165) is 31.2 Å². The third-order valence-corrected chi connectivity index (χ3v) is 5.23. The number of anilines is 1. The summed E-state index contributed by atoms with van der Waals surface area (Å²) in [6.45, 7) is 3.11. The average molecular weight is 409 g/mol. The van der Waals surface area contributed by atoms with Gasteiger partial charge in [0.1, 0.15) is 5.75 Å². The molecule has 30 heavy (non-hydrogen) atoms. The lowest BCUT2D eigenvalue weighted by molar-refractivity contribution is -0.131. The highest BCUT2D eigenvalue weighted by molar-refractivity contribution is 6.07. The van der Waals surface area contributed by atoms with Crippen LogP contribution in [-0.2, 0) is 4.79 Å². The number of aryl methyl sites for hydroxylation is 1. The van der Waals surface area contributed by atoms with E-state index in [1.807, 2.05) is 6.92 Å². The van der Waals surface area contributed by atoms with Crippen molar-refractivity contribution >= 4 is 23.5 Å². The van der Waals surface area contributed by atoms with Gasteiger partial charge in [-0.2, -0.15) is 0 Å². The molecular formula is C23H27N3O4. The first-order valence-electron chi connectivity index (χ1n) is 10.1. The fraction of sp³-hybridized carbons (Fsp3) is 0.348. The summed E-state index contributed by atoms with van der Waals surface area (Å²) in [5, 5.41) is 5.88. The van der Waals surface area contributed by atoms with Gasteiger partial charge in [0.05, 0.1) is 5.56 Å². The van der Waals surface area contributed by atoms with Gasteiger partial charge in [-0.25, -0.2) is 0 Å². The molecule has 2 amide bonds. The number of rotatable bonds is 5. The lowest BCUT2D eigenvalue weighted by Crippen LogP contribution is -2.40. The van der Waals surface area contributed by atoms with E-state index in [2.05, 4.69) is 10.6 Å². The molecule has 0 radical (unpaired) electrons. The third-order valence-electron chi connectivity index (χ3n) is 5.23. The van der Waals surface area contributed by atoms with Gasteiger partial charge < -0.3 is 21.1 Å². The average Bonchev–Trinajstić information content (AvgIpc) is 2.71. The summed E-state index contributed by atoms with van der Waals surface area (Å²) in [4.78, 5) is 36.5. The number of amides is 2. The van der Waals surface area contributed by atoms with E-state index >= 15 is 0 Å². The Bertz CT molecular complexity index is 949. The highest BCUT2D eigenvalue weighted by atomic mass is 16.5. The van der Waals surface area contributed by atoms with E-state index in [-0.39, 0.29) is 29.3 Å². The van der Waals surface area contributed by atoms with Crippen LogP contribution in [0, 0.1) is 6.92 Å². The van der Waals surface area contributed by atoms with Gasteiger partial charge in [-0.15, -0.1) is 0 Å². The number of ether oxygens (including phenoxy) is 1. The largest absolute Gasteiger partial charge is 0.426 e. The van der Waals surface area contributed by atoms with Crippen LogP contribution in [0.25, 0.3) is 0 Å². The number of esters is 1. The molecule has 1 fully saturated rings. The lowest BCUT2D eigenvalue weighted by atomic mass is 9.91. The SMILES string of the molecule is CC(=O)Oc1ccccc1C(=O)Nc1ccc(C(=O)NC2CCC(N)CC2)cc1C. The molecule has 158 valence electrons. The first kappa shape index (κ1) is 21.5. The molecule has 7 nitrogen and oxygen atoms in total. The minimum Gasteiger partial charge on any atom is -0.426 e. The molecule has 0 unspecified atom stereocenters. The Kier molecular flexibility index (Phi) is 6.84. The smallest absolute Gasteiger partial charge is 0.308 e. The summed E-state index contributed by atoms with van der Waals surface area (Å²) in [5.41, 5.74) is 8.05. The van der Waals surface area contributed by atoms with Crippen molar-refractivity contribution < 1.29 is 19.1 Å².